The van der Waals surface area contributed by atoms with Crippen LogP contribution in [-0.4, -0.2) is 25.5 Å². The summed E-state index contributed by atoms with van der Waals surface area (Å²) in [5.41, 5.74) is 0.910. The molecule has 0 bridgehead atoms. The largest absolute Gasteiger partial charge is 0.493 e. The van der Waals surface area contributed by atoms with Crippen LogP contribution in [0.4, 0.5) is 8.78 Å². The predicted molar refractivity (Wildman–Crippen MR) is 103 cm³/mol. The third-order valence-corrected chi connectivity index (χ3v) is 4.82. The second kappa shape index (κ2) is 9.29. The summed E-state index contributed by atoms with van der Waals surface area (Å²) in [6.45, 7) is -3.11. The molecule has 0 atom stereocenters. The summed E-state index contributed by atoms with van der Waals surface area (Å²) in [4.78, 5) is 25.7. The van der Waals surface area contributed by atoms with Gasteiger partial charge in [0.25, 0.3) is 0 Å². The fourth-order valence-electron chi connectivity index (χ4n) is 2.62. The maximum absolute atomic E-state index is 12.6. The van der Waals surface area contributed by atoms with Crippen molar-refractivity contribution in [1.82, 2.24) is 0 Å². The lowest BCUT2D eigenvalue weighted by Crippen LogP contribution is -2.12. The summed E-state index contributed by atoms with van der Waals surface area (Å²) < 4.78 is 39.5. The van der Waals surface area contributed by atoms with Crippen molar-refractivity contribution < 1.29 is 32.6 Å². The number of ether oxygens (including phenoxy) is 3. The minimum atomic E-state index is -2.98. The van der Waals surface area contributed by atoms with Crippen molar-refractivity contribution >= 4 is 23.1 Å². The van der Waals surface area contributed by atoms with Crippen LogP contribution < -0.4 is 9.47 Å². The van der Waals surface area contributed by atoms with Gasteiger partial charge in [0.05, 0.1) is 17.6 Å². The Morgan fingerprint density at radius 2 is 1.76 bits per heavy atom. The fraction of sp³-hybridized carbons (Fsp3) is 0.143. The van der Waals surface area contributed by atoms with Gasteiger partial charge in [-0.25, -0.2) is 4.79 Å². The van der Waals surface area contributed by atoms with Gasteiger partial charge < -0.3 is 14.2 Å². The number of carbonyl (C=O) groups is 2. The van der Waals surface area contributed by atoms with Gasteiger partial charge in [-0.3, -0.25) is 4.79 Å². The zero-order chi connectivity index (χ0) is 20.8. The summed E-state index contributed by atoms with van der Waals surface area (Å²) in [7, 11) is 1.32. The molecule has 29 heavy (non-hydrogen) atoms. The van der Waals surface area contributed by atoms with Crippen molar-refractivity contribution in [3.63, 3.8) is 0 Å². The number of carbonyl (C=O) groups excluding carboxylic acids is 2. The Balaban J connectivity index is 1.74. The number of methoxy groups -OCH3 is 1. The standard InChI is InChI=1S/C21H16F2O5S/c1-26-17-11-13(8-9-16(17)28-21(22)23)12-27-20(25)15-6-3-2-5-14(15)19(24)18-7-4-10-29-18/h2-11,21H,12H2,1H3. The van der Waals surface area contributed by atoms with Gasteiger partial charge in [-0.15, -0.1) is 11.3 Å². The zero-order valence-corrected chi connectivity index (χ0v) is 16.1. The molecule has 0 saturated heterocycles. The van der Waals surface area contributed by atoms with Crippen molar-refractivity contribution in [3.8, 4) is 11.5 Å². The van der Waals surface area contributed by atoms with E-state index in [0.717, 1.165) is 0 Å². The Bertz CT molecular complexity index is 1000. The zero-order valence-electron chi connectivity index (χ0n) is 15.3. The average Bonchev–Trinajstić information content (AvgIpc) is 3.26. The lowest BCUT2D eigenvalue weighted by molar-refractivity contribution is -0.0512. The van der Waals surface area contributed by atoms with E-state index in [2.05, 4.69) is 4.74 Å². The first-order chi connectivity index (χ1) is 14.0. The molecular formula is C21H16F2O5S. The number of halogens is 2. The number of hydrogen-bond acceptors (Lipinski definition) is 6. The number of thiophene rings is 1. The fourth-order valence-corrected chi connectivity index (χ4v) is 3.30. The second-order valence-electron chi connectivity index (χ2n) is 5.79. The van der Waals surface area contributed by atoms with E-state index >= 15 is 0 Å². The Kier molecular flexibility index (Phi) is 6.56. The number of rotatable bonds is 8. The quantitative estimate of drug-likeness (QED) is 0.383. The van der Waals surface area contributed by atoms with Crippen LogP contribution in [0.3, 0.4) is 0 Å². The van der Waals surface area contributed by atoms with Crippen molar-refractivity contribution in [2.45, 2.75) is 13.2 Å². The molecule has 0 N–H and O–H groups in total. The predicted octanol–water partition coefficient (Wildman–Crippen LogP) is 4.95. The van der Waals surface area contributed by atoms with E-state index in [4.69, 9.17) is 9.47 Å². The number of ketones is 1. The molecule has 5 nitrogen and oxygen atoms in total. The molecule has 0 saturated carbocycles. The molecule has 0 aliphatic carbocycles. The Morgan fingerprint density at radius 1 is 1.00 bits per heavy atom. The molecule has 0 spiro atoms. The van der Waals surface area contributed by atoms with Crippen LogP contribution in [0.2, 0.25) is 0 Å². The van der Waals surface area contributed by atoms with Crippen LogP contribution in [0.15, 0.2) is 60.0 Å². The normalized spacial score (nSPS) is 10.6. The Morgan fingerprint density at radius 3 is 2.41 bits per heavy atom. The molecule has 0 unspecified atom stereocenters. The van der Waals surface area contributed by atoms with Crippen LogP contribution >= 0.6 is 11.3 Å². The van der Waals surface area contributed by atoms with E-state index in [1.807, 2.05) is 0 Å². The molecule has 1 heterocycles. The van der Waals surface area contributed by atoms with Crippen molar-refractivity contribution in [1.29, 1.82) is 0 Å². The van der Waals surface area contributed by atoms with Crippen LogP contribution in [0.5, 0.6) is 11.5 Å². The molecule has 150 valence electrons. The molecule has 0 radical (unpaired) electrons. The van der Waals surface area contributed by atoms with E-state index < -0.39 is 12.6 Å². The van der Waals surface area contributed by atoms with E-state index in [0.29, 0.717) is 10.4 Å². The van der Waals surface area contributed by atoms with E-state index in [1.54, 1.807) is 35.7 Å². The number of hydrogen-bond donors (Lipinski definition) is 0. The SMILES string of the molecule is COc1cc(COC(=O)c2ccccc2C(=O)c2cccs2)ccc1OC(F)F. The molecule has 0 amide bonds. The molecule has 0 aliphatic heterocycles. The van der Waals surface area contributed by atoms with Gasteiger partial charge in [-0.1, -0.05) is 30.3 Å². The summed E-state index contributed by atoms with van der Waals surface area (Å²) >= 11 is 1.29. The molecular weight excluding hydrogens is 402 g/mol. The first-order valence-corrected chi connectivity index (χ1v) is 9.33. The molecule has 2 aromatic carbocycles. The highest BCUT2D eigenvalue weighted by Gasteiger charge is 2.20. The van der Waals surface area contributed by atoms with Crippen molar-refractivity contribution in [2.24, 2.45) is 0 Å². The van der Waals surface area contributed by atoms with Crippen molar-refractivity contribution in [3.05, 3.63) is 81.5 Å². The van der Waals surface area contributed by atoms with Gasteiger partial charge in [0.1, 0.15) is 6.61 Å². The number of benzene rings is 2. The van der Waals surface area contributed by atoms with Gasteiger partial charge in [-0.2, -0.15) is 8.78 Å². The lowest BCUT2D eigenvalue weighted by Gasteiger charge is -2.12. The van der Waals surface area contributed by atoms with Crippen LogP contribution in [-0.2, 0) is 11.3 Å². The topological polar surface area (TPSA) is 61.8 Å². The minimum absolute atomic E-state index is 0.0899. The van der Waals surface area contributed by atoms with E-state index in [1.165, 1.54) is 42.7 Å². The lowest BCUT2D eigenvalue weighted by atomic mass is 10.0. The molecule has 1 aromatic heterocycles. The minimum Gasteiger partial charge on any atom is -0.493 e. The Labute approximate surface area is 169 Å². The first kappa shape index (κ1) is 20.5. The smallest absolute Gasteiger partial charge is 0.387 e. The number of esters is 1. The van der Waals surface area contributed by atoms with Gasteiger partial charge in [0, 0.05) is 5.56 Å². The summed E-state index contributed by atoms with van der Waals surface area (Å²) in [5, 5.41) is 1.78. The van der Waals surface area contributed by atoms with E-state index in [9.17, 15) is 18.4 Å². The maximum Gasteiger partial charge on any atom is 0.387 e. The summed E-state index contributed by atoms with van der Waals surface area (Å²) in [5.74, 6) is -0.961. The highest BCUT2D eigenvalue weighted by molar-refractivity contribution is 7.12. The van der Waals surface area contributed by atoms with Gasteiger partial charge in [0.15, 0.2) is 11.5 Å². The van der Waals surface area contributed by atoms with Gasteiger partial charge >= 0.3 is 12.6 Å². The average molecular weight is 418 g/mol. The van der Waals surface area contributed by atoms with Crippen LogP contribution in [0, 0.1) is 0 Å². The number of alkyl halides is 2. The van der Waals surface area contributed by atoms with Gasteiger partial charge in [0.2, 0.25) is 5.78 Å². The highest BCUT2D eigenvalue weighted by atomic mass is 32.1. The van der Waals surface area contributed by atoms with Gasteiger partial charge in [-0.05, 0) is 35.2 Å². The molecule has 3 rings (SSSR count). The third-order valence-electron chi connectivity index (χ3n) is 3.95. The Hall–Kier alpha value is -3.26. The molecule has 0 aliphatic rings. The molecule has 8 heteroatoms. The summed E-state index contributed by atoms with van der Waals surface area (Å²) in [6, 6.07) is 14.1. The highest BCUT2D eigenvalue weighted by Crippen LogP contribution is 2.30. The first-order valence-electron chi connectivity index (χ1n) is 8.45. The van der Waals surface area contributed by atoms with Crippen LogP contribution in [0.1, 0.15) is 31.2 Å². The second-order valence-corrected chi connectivity index (χ2v) is 6.74. The molecule has 3 aromatic rings. The van der Waals surface area contributed by atoms with Crippen molar-refractivity contribution in [2.75, 3.05) is 7.11 Å². The maximum atomic E-state index is 12.6. The van der Waals surface area contributed by atoms with E-state index in [-0.39, 0.29) is 35.0 Å². The van der Waals surface area contributed by atoms with Crippen LogP contribution in [0.25, 0.3) is 0 Å². The monoisotopic (exact) mass is 418 g/mol. The summed E-state index contributed by atoms with van der Waals surface area (Å²) in [6.07, 6.45) is 0. The third kappa shape index (κ3) is 4.97. The molecule has 0 fully saturated rings.